The maximum Gasteiger partial charge on any atom is 0.284 e. The molecule has 3 aromatic carbocycles. The van der Waals surface area contributed by atoms with Gasteiger partial charge in [-0.2, -0.15) is 9.78 Å². The van der Waals surface area contributed by atoms with Crippen molar-refractivity contribution in [2.24, 2.45) is 5.10 Å². The third kappa shape index (κ3) is 4.07. The van der Waals surface area contributed by atoms with Gasteiger partial charge in [0, 0.05) is 27.9 Å². The molecular weight excluding hydrogens is 476 g/mol. The number of aromatic nitrogens is 2. The van der Waals surface area contributed by atoms with Crippen molar-refractivity contribution in [1.82, 2.24) is 9.66 Å². The van der Waals surface area contributed by atoms with Crippen LogP contribution in [0, 0.1) is 0 Å². The molecule has 0 atom stereocenters. The van der Waals surface area contributed by atoms with E-state index in [-0.39, 0.29) is 11.5 Å². The van der Waals surface area contributed by atoms with Gasteiger partial charge in [-0.1, -0.05) is 72.4 Å². The van der Waals surface area contributed by atoms with Gasteiger partial charge in [0.25, 0.3) is 11.5 Å². The summed E-state index contributed by atoms with van der Waals surface area (Å²) in [7, 11) is 0. The van der Waals surface area contributed by atoms with E-state index in [2.05, 4.69) is 10.4 Å². The van der Waals surface area contributed by atoms with Crippen molar-refractivity contribution in [3.63, 3.8) is 0 Å². The molecule has 0 spiro atoms. The number of anilines is 1. The Hall–Kier alpha value is -4.01. The number of carbonyl (C=O) groups excluding carboxylic acids is 1. The van der Waals surface area contributed by atoms with E-state index in [1.807, 2.05) is 78.2 Å². The van der Waals surface area contributed by atoms with E-state index in [1.165, 1.54) is 27.8 Å². The molecule has 5 aromatic rings. The number of rotatable bonds is 4. The number of fused-ring (bicyclic) bond motifs is 2. The van der Waals surface area contributed by atoms with Crippen LogP contribution in [0.1, 0.15) is 15.9 Å². The molecule has 3 heterocycles. The lowest BCUT2D eigenvalue weighted by Gasteiger charge is -2.16. The van der Waals surface area contributed by atoms with E-state index in [9.17, 15) is 9.59 Å². The Kier molecular flexibility index (Phi) is 5.52. The second-order valence-corrected chi connectivity index (χ2v) is 9.74. The van der Waals surface area contributed by atoms with Gasteiger partial charge in [-0.15, -0.1) is 11.3 Å². The summed E-state index contributed by atoms with van der Waals surface area (Å²) >= 11 is 2.97. The van der Waals surface area contributed by atoms with Gasteiger partial charge in [0.05, 0.1) is 11.1 Å². The molecular formula is C27H18N4O2S2. The predicted molar refractivity (Wildman–Crippen MR) is 143 cm³/mol. The summed E-state index contributed by atoms with van der Waals surface area (Å²) in [5.74, 6) is 0.439. The van der Waals surface area contributed by atoms with Crippen molar-refractivity contribution in [3.8, 4) is 11.1 Å². The van der Waals surface area contributed by atoms with Crippen LogP contribution >= 0.6 is 23.1 Å². The van der Waals surface area contributed by atoms with E-state index in [0.29, 0.717) is 27.5 Å². The smallest absolute Gasteiger partial charge is 0.284 e. The first-order valence-corrected chi connectivity index (χ1v) is 12.8. The van der Waals surface area contributed by atoms with Gasteiger partial charge in [0.1, 0.15) is 4.83 Å². The quantitative estimate of drug-likeness (QED) is 0.324. The first-order chi connectivity index (χ1) is 17.2. The van der Waals surface area contributed by atoms with Crippen molar-refractivity contribution in [2.45, 2.75) is 5.16 Å². The molecule has 6 nitrogen and oxygen atoms in total. The fourth-order valence-electron chi connectivity index (χ4n) is 3.94. The third-order valence-corrected chi connectivity index (χ3v) is 7.52. The zero-order valence-corrected chi connectivity index (χ0v) is 20.0. The van der Waals surface area contributed by atoms with Crippen molar-refractivity contribution >= 4 is 50.6 Å². The fraction of sp³-hybridized carbons (Fsp3) is 0.0370. The van der Waals surface area contributed by atoms with Crippen LogP contribution in [0.5, 0.6) is 0 Å². The Balaban J connectivity index is 1.32. The minimum Gasteiger partial charge on any atom is -0.322 e. The molecule has 170 valence electrons. The average Bonchev–Trinajstić information content (AvgIpc) is 3.34. The zero-order chi connectivity index (χ0) is 23.8. The monoisotopic (exact) mass is 494 g/mol. The van der Waals surface area contributed by atoms with Crippen LogP contribution in [0.15, 0.2) is 105 Å². The summed E-state index contributed by atoms with van der Waals surface area (Å²) in [5, 5.41) is 10.7. The topological polar surface area (TPSA) is 76.3 Å². The normalized spacial score (nSPS) is 12.7. The molecule has 35 heavy (non-hydrogen) atoms. The number of nitrogens with zero attached hydrogens (tertiary/aromatic N) is 3. The largest absolute Gasteiger partial charge is 0.322 e. The number of amides is 1. The maximum atomic E-state index is 13.5. The van der Waals surface area contributed by atoms with Gasteiger partial charge in [0.15, 0.2) is 5.16 Å². The van der Waals surface area contributed by atoms with Gasteiger partial charge >= 0.3 is 0 Å². The van der Waals surface area contributed by atoms with Crippen LogP contribution < -0.4 is 10.9 Å². The van der Waals surface area contributed by atoms with E-state index in [4.69, 9.17) is 4.98 Å². The second-order valence-electron chi connectivity index (χ2n) is 7.94. The molecule has 6 rings (SSSR count). The van der Waals surface area contributed by atoms with Crippen LogP contribution in [0.4, 0.5) is 5.69 Å². The summed E-state index contributed by atoms with van der Waals surface area (Å²) in [4.78, 5) is 31.3. The average molecular weight is 495 g/mol. The van der Waals surface area contributed by atoms with Crippen molar-refractivity contribution < 1.29 is 4.79 Å². The summed E-state index contributed by atoms with van der Waals surface area (Å²) < 4.78 is 1.41. The van der Waals surface area contributed by atoms with Crippen LogP contribution in [0.3, 0.4) is 0 Å². The zero-order valence-electron chi connectivity index (χ0n) is 18.3. The minimum absolute atomic E-state index is 0.163. The summed E-state index contributed by atoms with van der Waals surface area (Å²) in [6.45, 7) is 0. The van der Waals surface area contributed by atoms with Crippen molar-refractivity contribution in [3.05, 3.63) is 112 Å². The van der Waals surface area contributed by atoms with E-state index < -0.39 is 0 Å². The SMILES string of the molecule is O=C(Nc1ccc(C2=Nn3c(nc4scc(-c5ccccc5)c4c3=O)SC2)cc1)c1ccccc1. The Bertz CT molecular complexity index is 1640. The Labute approximate surface area is 209 Å². The number of benzene rings is 3. The molecule has 1 N–H and O–H groups in total. The number of thioether (sulfide) groups is 1. The molecule has 0 saturated carbocycles. The lowest BCUT2D eigenvalue weighted by Crippen LogP contribution is -2.25. The van der Waals surface area contributed by atoms with Gasteiger partial charge in [-0.3, -0.25) is 9.59 Å². The van der Waals surface area contributed by atoms with E-state index in [1.54, 1.807) is 12.1 Å². The summed E-state index contributed by atoms with van der Waals surface area (Å²) in [6, 6.07) is 26.4. The van der Waals surface area contributed by atoms with Gasteiger partial charge < -0.3 is 5.32 Å². The van der Waals surface area contributed by atoms with Crippen LogP contribution in [0.2, 0.25) is 0 Å². The molecule has 0 bridgehead atoms. The Morgan fingerprint density at radius 3 is 2.34 bits per heavy atom. The van der Waals surface area contributed by atoms with Crippen molar-refractivity contribution in [2.75, 3.05) is 11.1 Å². The minimum atomic E-state index is -0.165. The predicted octanol–water partition coefficient (Wildman–Crippen LogP) is 5.74. The molecule has 0 saturated heterocycles. The number of thiophene rings is 1. The highest BCUT2D eigenvalue weighted by Gasteiger charge is 2.21. The van der Waals surface area contributed by atoms with Crippen LogP contribution in [-0.4, -0.2) is 27.0 Å². The highest BCUT2D eigenvalue weighted by atomic mass is 32.2. The molecule has 1 aliphatic rings. The van der Waals surface area contributed by atoms with Crippen LogP contribution in [0.25, 0.3) is 21.3 Å². The van der Waals surface area contributed by atoms with E-state index in [0.717, 1.165) is 27.2 Å². The summed E-state index contributed by atoms with van der Waals surface area (Å²) in [6.07, 6.45) is 0. The number of carbonyl (C=O) groups is 1. The molecule has 1 aliphatic heterocycles. The lowest BCUT2D eigenvalue weighted by atomic mass is 10.1. The van der Waals surface area contributed by atoms with Crippen LogP contribution in [-0.2, 0) is 0 Å². The molecule has 0 radical (unpaired) electrons. The highest BCUT2D eigenvalue weighted by Crippen LogP contribution is 2.33. The first-order valence-electron chi connectivity index (χ1n) is 10.9. The molecule has 0 fully saturated rings. The van der Waals surface area contributed by atoms with Crippen molar-refractivity contribution in [1.29, 1.82) is 0 Å². The van der Waals surface area contributed by atoms with Gasteiger partial charge in [-0.25, -0.2) is 4.98 Å². The van der Waals surface area contributed by atoms with Gasteiger partial charge in [-0.05, 0) is 35.4 Å². The number of hydrogen-bond donors (Lipinski definition) is 1. The highest BCUT2D eigenvalue weighted by molar-refractivity contribution is 7.99. The molecule has 2 aromatic heterocycles. The second kappa shape index (κ2) is 8.98. The molecule has 0 unspecified atom stereocenters. The summed E-state index contributed by atoms with van der Waals surface area (Å²) in [5.41, 5.74) is 4.66. The third-order valence-electron chi connectivity index (χ3n) is 5.71. The molecule has 1 amide bonds. The lowest BCUT2D eigenvalue weighted by molar-refractivity contribution is 0.102. The standard InChI is InChI=1S/C27H18N4O2S2/c32-24(19-9-5-2-6-10-19)28-20-13-11-18(12-14-20)22-16-35-27-29-25-23(26(33)31(27)30-22)21(15-34-25)17-7-3-1-4-8-17/h1-15H,16H2,(H,28,32). The number of hydrogen-bond acceptors (Lipinski definition) is 6. The van der Waals surface area contributed by atoms with Gasteiger partial charge in [0.2, 0.25) is 0 Å². The first kappa shape index (κ1) is 21.5. The molecule has 8 heteroatoms. The number of nitrogens with one attached hydrogen (secondary N) is 1. The fourth-order valence-corrected chi connectivity index (χ4v) is 5.83. The Morgan fingerprint density at radius 2 is 1.60 bits per heavy atom. The molecule has 0 aliphatic carbocycles. The maximum absolute atomic E-state index is 13.5. The van der Waals surface area contributed by atoms with E-state index >= 15 is 0 Å². The Morgan fingerprint density at radius 1 is 0.886 bits per heavy atom.